The normalized spacial score (nSPS) is 13.5. The Balaban J connectivity index is 3.75. The minimum absolute atomic E-state index is 0.404. The minimum Gasteiger partial charge on any atom is -0.313 e. The van der Waals surface area contributed by atoms with Crippen LogP contribution in [0.1, 0.15) is 34.1 Å². The number of hydrogen-bond donors (Lipinski definition) is 1. The van der Waals surface area contributed by atoms with Gasteiger partial charge in [0.05, 0.1) is 0 Å². The lowest BCUT2D eigenvalue weighted by Crippen LogP contribution is -2.22. The Labute approximate surface area is 94.2 Å². The molecule has 0 radical (unpaired) electrons. The third-order valence-corrected chi connectivity index (χ3v) is 2.15. The first-order valence-electron chi connectivity index (χ1n) is 5.48. The molecular weight excluding hydrogens is 184 g/mol. The van der Waals surface area contributed by atoms with Gasteiger partial charge in [0.25, 0.3) is 0 Å². The number of aliphatic imine (C=N–C) groups is 1. The van der Waals surface area contributed by atoms with Gasteiger partial charge < -0.3 is 5.32 Å². The highest BCUT2D eigenvalue weighted by Gasteiger charge is 2.08. The van der Waals surface area contributed by atoms with Gasteiger partial charge in [0.15, 0.2) is 0 Å². The van der Waals surface area contributed by atoms with Crippen LogP contribution in [-0.4, -0.2) is 19.8 Å². The van der Waals surface area contributed by atoms with E-state index >= 15 is 0 Å². The summed E-state index contributed by atoms with van der Waals surface area (Å²) in [5.74, 6) is 0. The Bertz CT molecular complexity index is 231. The first kappa shape index (κ1) is 14.1. The third kappa shape index (κ3) is 9.42. The molecular formula is C13H24N2. The van der Waals surface area contributed by atoms with Crippen molar-refractivity contribution < 1.29 is 0 Å². The molecule has 15 heavy (non-hydrogen) atoms. The lowest BCUT2D eigenvalue weighted by molar-refractivity contribution is 0.370. The standard InChI is InChI=1S/C13H24N2/c1-6-12(7-9-14-5)11-15-10-8-13(2,3)4/h6-7,9,15H,5,8,10-11H2,1-4H3/b9-7-,12-6+. The van der Waals surface area contributed by atoms with E-state index in [9.17, 15) is 0 Å². The van der Waals surface area contributed by atoms with Crippen molar-refractivity contribution in [1.29, 1.82) is 0 Å². The van der Waals surface area contributed by atoms with Gasteiger partial charge in [-0.2, -0.15) is 0 Å². The van der Waals surface area contributed by atoms with Crippen molar-refractivity contribution in [3.05, 3.63) is 23.9 Å². The second kappa shape index (κ2) is 7.41. The Morgan fingerprint density at radius 3 is 2.53 bits per heavy atom. The predicted molar refractivity (Wildman–Crippen MR) is 69.4 cm³/mol. The zero-order valence-electron chi connectivity index (χ0n) is 10.5. The molecule has 0 unspecified atom stereocenters. The minimum atomic E-state index is 0.404. The van der Waals surface area contributed by atoms with Crippen molar-refractivity contribution in [2.75, 3.05) is 13.1 Å². The van der Waals surface area contributed by atoms with Gasteiger partial charge in [0.1, 0.15) is 0 Å². The molecule has 0 fully saturated rings. The van der Waals surface area contributed by atoms with E-state index in [1.807, 2.05) is 13.0 Å². The summed E-state index contributed by atoms with van der Waals surface area (Å²) >= 11 is 0. The zero-order chi connectivity index (χ0) is 11.7. The van der Waals surface area contributed by atoms with Gasteiger partial charge in [0, 0.05) is 12.7 Å². The van der Waals surface area contributed by atoms with Gasteiger partial charge in [-0.05, 0) is 43.7 Å². The smallest absolute Gasteiger partial charge is 0.0263 e. The molecule has 86 valence electrons. The molecule has 0 aliphatic rings. The fraction of sp³-hybridized carbons (Fsp3) is 0.615. The highest BCUT2D eigenvalue weighted by Crippen LogP contribution is 2.16. The molecule has 0 aromatic carbocycles. The second-order valence-corrected chi connectivity index (χ2v) is 4.85. The largest absolute Gasteiger partial charge is 0.313 e. The van der Waals surface area contributed by atoms with E-state index in [1.165, 1.54) is 12.0 Å². The fourth-order valence-electron chi connectivity index (χ4n) is 1.10. The van der Waals surface area contributed by atoms with E-state index in [0.717, 1.165) is 13.1 Å². The van der Waals surface area contributed by atoms with Crippen molar-refractivity contribution in [3.63, 3.8) is 0 Å². The summed E-state index contributed by atoms with van der Waals surface area (Å²) in [7, 11) is 0. The molecule has 0 saturated heterocycles. The van der Waals surface area contributed by atoms with Crippen molar-refractivity contribution in [2.24, 2.45) is 10.4 Å². The molecule has 0 rings (SSSR count). The monoisotopic (exact) mass is 208 g/mol. The van der Waals surface area contributed by atoms with E-state index in [1.54, 1.807) is 6.20 Å². The molecule has 0 aliphatic heterocycles. The van der Waals surface area contributed by atoms with E-state index in [-0.39, 0.29) is 0 Å². The summed E-state index contributed by atoms with van der Waals surface area (Å²) in [5, 5.41) is 3.42. The molecule has 0 spiro atoms. The number of nitrogens with one attached hydrogen (secondary N) is 1. The van der Waals surface area contributed by atoms with Gasteiger partial charge in [-0.1, -0.05) is 26.8 Å². The molecule has 0 amide bonds. The van der Waals surface area contributed by atoms with Gasteiger partial charge >= 0.3 is 0 Å². The second-order valence-electron chi connectivity index (χ2n) is 4.85. The fourth-order valence-corrected chi connectivity index (χ4v) is 1.10. The topological polar surface area (TPSA) is 24.4 Å². The maximum absolute atomic E-state index is 3.69. The van der Waals surface area contributed by atoms with Gasteiger partial charge in [-0.25, -0.2) is 0 Å². The van der Waals surface area contributed by atoms with Crippen molar-refractivity contribution in [1.82, 2.24) is 5.32 Å². The molecule has 0 saturated carbocycles. The van der Waals surface area contributed by atoms with Crippen LogP contribution in [0, 0.1) is 5.41 Å². The Hall–Kier alpha value is -0.890. The van der Waals surface area contributed by atoms with Crippen LogP contribution in [-0.2, 0) is 0 Å². The SMILES string of the molecule is C=N/C=C\C(=C/C)CNCCC(C)(C)C. The van der Waals surface area contributed by atoms with Gasteiger partial charge in [-0.15, -0.1) is 0 Å². The Morgan fingerprint density at radius 1 is 1.40 bits per heavy atom. The van der Waals surface area contributed by atoms with Crippen LogP contribution < -0.4 is 5.32 Å². The molecule has 0 heterocycles. The van der Waals surface area contributed by atoms with E-state index in [2.05, 4.69) is 43.9 Å². The zero-order valence-corrected chi connectivity index (χ0v) is 10.5. The summed E-state index contributed by atoms with van der Waals surface area (Å²) in [5.41, 5.74) is 1.65. The average molecular weight is 208 g/mol. The number of allylic oxidation sites excluding steroid dienone is 1. The van der Waals surface area contributed by atoms with Crippen LogP contribution in [0.2, 0.25) is 0 Å². The predicted octanol–water partition coefficient (Wildman–Crippen LogP) is 3.17. The van der Waals surface area contributed by atoms with Crippen LogP contribution in [0.3, 0.4) is 0 Å². The molecule has 2 nitrogen and oxygen atoms in total. The summed E-state index contributed by atoms with van der Waals surface area (Å²) < 4.78 is 0. The Morgan fingerprint density at radius 2 is 2.07 bits per heavy atom. The summed E-state index contributed by atoms with van der Waals surface area (Å²) in [6.45, 7) is 14.2. The average Bonchev–Trinajstić information content (AvgIpc) is 2.15. The van der Waals surface area contributed by atoms with Gasteiger partial charge in [0.2, 0.25) is 0 Å². The van der Waals surface area contributed by atoms with Crippen LogP contribution in [0.15, 0.2) is 28.9 Å². The summed E-state index contributed by atoms with van der Waals surface area (Å²) in [6.07, 6.45) is 6.98. The van der Waals surface area contributed by atoms with Crippen molar-refractivity contribution in [3.8, 4) is 0 Å². The maximum Gasteiger partial charge on any atom is 0.0263 e. The molecule has 2 heteroatoms. The molecule has 0 aromatic rings. The molecule has 0 aliphatic carbocycles. The van der Waals surface area contributed by atoms with Crippen LogP contribution in [0.5, 0.6) is 0 Å². The maximum atomic E-state index is 3.69. The highest BCUT2D eigenvalue weighted by molar-refractivity contribution is 5.28. The summed E-state index contributed by atoms with van der Waals surface area (Å²) in [6, 6.07) is 0. The van der Waals surface area contributed by atoms with Gasteiger partial charge in [-0.3, -0.25) is 4.99 Å². The van der Waals surface area contributed by atoms with E-state index in [4.69, 9.17) is 0 Å². The Kier molecular flexibility index (Phi) is 6.97. The summed E-state index contributed by atoms with van der Waals surface area (Å²) in [4.78, 5) is 3.69. The van der Waals surface area contributed by atoms with Crippen LogP contribution >= 0.6 is 0 Å². The first-order valence-corrected chi connectivity index (χ1v) is 5.48. The lowest BCUT2D eigenvalue weighted by atomic mass is 9.92. The molecule has 0 bridgehead atoms. The highest BCUT2D eigenvalue weighted by atomic mass is 14.8. The van der Waals surface area contributed by atoms with Crippen LogP contribution in [0.4, 0.5) is 0 Å². The first-order chi connectivity index (χ1) is 6.99. The van der Waals surface area contributed by atoms with Crippen LogP contribution in [0.25, 0.3) is 0 Å². The number of nitrogens with zero attached hydrogens (tertiary/aromatic N) is 1. The van der Waals surface area contributed by atoms with E-state index < -0.39 is 0 Å². The van der Waals surface area contributed by atoms with E-state index in [0.29, 0.717) is 5.41 Å². The molecule has 0 aromatic heterocycles. The quantitative estimate of drug-likeness (QED) is 0.405. The lowest BCUT2D eigenvalue weighted by Gasteiger charge is -2.18. The van der Waals surface area contributed by atoms with Crippen molar-refractivity contribution in [2.45, 2.75) is 34.1 Å². The molecule has 1 N–H and O–H groups in total. The molecule has 0 atom stereocenters. The third-order valence-electron chi connectivity index (χ3n) is 2.15. The number of hydrogen-bond acceptors (Lipinski definition) is 2. The number of rotatable bonds is 6. The van der Waals surface area contributed by atoms with Crippen molar-refractivity contribution >= 4 is 6.72 Å².